The number of carbonyl (C=O) groups is 1. The maximum atomic E-state index is 11.7. The predicted octanol–water partition coefficient (Wildman–Crippen LogP) is 3.06. The third-order valence-corrected chi connectivity index (χ3v) is 2.97. The van der Waals surface area contributed by atoms with E-state index in [-0.39, 0.29) is 5.97 Å². The largest absolute Gasteiger partial charge is 0.422 e. The number of benzene rings is 1. The Bertz CT molecular complexity index is 659. The normalized spacial score (nSPS) is 15.6. The molecule has 0 bridgehead atoms. The van der Waals surface area contributed by atoms with Crippen molar-refractivity contribution in [3.63, 3.8) is 0 Å². The molecule has 0 saturated carbocycles. The second-order valence-electron chi connectivity index (χ2n) is 4.18. The minimum Gasteiger partial charge on any atom is -0.422 e. The van der Waals surface area contributed by atoms with E-state index in [2.05, 4.69) is 4.98 Å². The summed E-state index contributed by atoms with van der Waals surface area (Å²) < 4.78 is 5.29. The van der Waals surface area contributed by atoms with Crippen LogP contribution < -0.4 is 0 Å². The number of pyridine rings is 1. The fourth-order valence-electron chi connectivity index (χ4n) is 1.98. The molecule has 1 aliphatic heterocycles. The van der Waals surface area contributed by atoms with E-state index < -0.39 is 0 Å². The molecule has 3 rings (SSSR count). The standard InChI is InChI=1S/C15H11NO2/c1-10-9-16-7-6-11(10)8-14-12-4-2-3-5-13(12)15(17)18-14/h2-9H,1H3/b14-8-. The molecule has 3 nitrogen and oxygen atoms in total. The van der Waals surface area contributed by atoms with Crippen LogP contribution in [-0.4, -0.2) is 11.0 Å². The van der Waals surface area contributed by atoms with E-state index in [4.69, 9.17) is 4.74 Å². The Hall–Kier alpha value is -2.42. The number of cyclic esters (lactones) is 1. The number of ether oxygens (including phenoxy) is 1. The zero-order valence-electron chi connectivity index (χ0n) is 9.88. The number of rotatable bonds is 1. The monoisotopic (exact) mass is 237 g/mol. The first-order valence-corrected chi connectivity index (χ1v) is 5.69. The van der Waals surface area contributed by atoms with Gasteiger partial charge in [-0.2, -0.15) is 0 Å². The molecule has 0 atom stereocenters. The van der Waals surface area contributed by atoms with Crippen LogP contribution in [0, 0.1) is 6.92 Å². The highest BCUT2D eigenvalue weighted by molar-refractivity contribution is 6.05. The first-order valence-electron chi connectivity index (χ1n) is 5.69. The van der Waals surface area contributed by atoms with Crippen LogP contribution >= 0.6 is 0 Å². The fourth-order valence-corrected chi connectivity index (χ4v) is 1.98. The highest BCUT2D eigenvalue weighted by Gasteiger charge is 2.25. The molecule has 3 heteroatoms. The van der Waals surface area contributed by atoms with Gasteiger partial charge in [0, 0.05) is 18.0 Å². The first kappa shape index (κ1) is 10.7. The molecule has 0 amide bonds. The smallest absolute Gasteiger partial charge is 0.344 e. The maximum Gasteiger partial charge on any atom is 0.344 e. The van der Waals surface area contributed by atoms with Crippen molar-refractivity contribution in [1.29, 1.82) is 0 Å². The van der Waals surface area contributed by atoms with E-state index in [0.29, 0.717) is 11.3 Å². The van der Waals surface area contributed by atoms with Crippen LogP contribution in [0.5, 0.6) is 0 Å². The summed E-state index contributed by atoms with van der Waals surface area (Å²) in [5.74, 6) is 0.313. The quantitative estimate of drug-likeness (QED) is 0.715. The van der Waals surface area contributed by atoms with Gasteiger partial charge in [0.2, 0.25) is 0 Å². The molecule has 0 saturated heterocycles. The molecule has 0 spiro atoms. The lowest BCUT2D eigenvalue weighted by atomic mass is 10.1. The lowest BCUT2D eigenvalue weighted by Crippen LogP contribution is -1.92. The van der Waals surface area contributed by atoms with Crippen molar-refractivity contribution in [3.8, 4) is 0 Å². The summed E-state index contributed by atoms with van der Waals surface area (Å²) in [7, 11) is 0. The molecule has 0 fully saturated rings. The van der Waals surface area contributed by atoms with Crippen LogP contribution in [0.25, 0.3) is 11.8 Å². The number of nitrogens with zero attached hydrogens (tertiary/aromatic N) is 1. The summed E-state index contributed by atoms with van der Waals surface area (Å²) in [6.45, 7) is 1.97. The van der Waals surface area contributed by atoms with Crippen LogP contribution in [-0.2, 0) is 4.74 Å². The van der Waals surface area contributed by atoms with Crippen molar-refractivity contribution >= 4 is 17.8 Å². The third-order valence-electron chi connectivity index (χ3n) is 2.97. The number of esters is 1. The number of hydrogen-bond acceptors (Lipinski definition) is 3. The van der Waals surface area contributed by atoms with E-state index in [1.807, 2.05) is 37.3 Å². The summed E-state index contributed by atoms with van der Waals surface area (Å²) >= 11 is 0. The van der Waals surface area contributed by atoms with Gasteiger partial charge in [0.15, 0.2) is 0 Å². The SMILES string of the molecule is Cc1cnccc1/C=C1\OC(=O)c2ccccc21. The van der Waals surface area contributed by atoms with Gasteiger partial charge in [0.25, 0.3) is 0 Å². The molecule has 2 aromatic rings. The minimum absolute atomic E-state index is 0.288. The van der Waals surface area contributed by atoms with Crippen molar-refractivity contribution in [2.24, 2.45) is 0 Å². The van der Waals surface area contributed by atoms with Gasteiger partial charge in [0.1, 0.15) is 5.76 Å². The Labute approximate surface area is 105 Å². The Kier molecular flexibility index (Phi) is 2.45. The highest BCUT2D eigenvalue weighted by Crippen LogP contribution is 2.31. The lowest BCUT2D eigenvalue weighted by Gasteiger charge is -2.01. The molecule has 88 valence electrons. The molecule has 1 aliphatic rings. The molecule has 18 heavy (non-hydrogen) atoms. The van der Waals surface area contributed by atoms with Crippen molar-refractivity contribution in [1.82, 2.24) is 4.98 Å². The topological polar surface area (TPSA) is 39.2 Å². The van der Waals surface area contributed by atoms with Gasteiger partial charge in [-0.15, -0.1) is 0 Å². The van der Waals surface area contributed by atoms with Crippen molar-refractivity contribution in [3.05, 3.63) is 65.0 Å². The number of aromatic nitrogens is 1. The second kappa shape index (κ2) is 4.11. The van der Waals surface area contributed by atoms with Crippen molar-refractivity contribution < 1.29 is 9.53 Å². The van der Waals surface area contributed by atoms with E-state index in [0.717, 1.165) is 16.7 Å². The third kappa shape index (κ3) is 1.70. The Morgan fingerprint density at radius 1 is 1.17 bits per heavy atom. The average Bonchev–Trinajstić information content (AvgIpc) is 2.70. The molecule has 0 aliphatic carbocycles. The summed E-state index contributed by atoms with van der Waals surface area (Å²) in [5, 5.41) is 0. The van der Waals surface area contributed by atoms with Crippen LogP contribution in [0.4, 0.5) is 0 Å². The van der Waals surface area contributed by atoms with E-state index in [9.17, 15) is 4.79 Å². The lowest BCUT2D eigenvalue weighted by molar-refractivity contribution is 0.0717. The summed E-state index contributed by atoms with van der Waals surface area (Å²) in [4.78, 5) is 15.7. The van der Waals surface area contributed by atoms with Gasteiger partial charge >= 0.3 is 5.97 Å². The molecular weight excluding hydrogens is 226 g/mol. The molecule has 1 aromatic heterocycles. The van der Waals surface area contributed by atoms with Crippen LogP contribution in [0.15, 0.2) is 42.7 Å². The van der Waals surface area contributed by atoms with Gasteiger partial charge in [-0.3, -0.25) is 4.98 Å². The zero-order valence-corrected chi connectivity index (χ0v) is 9.88. The molecular formula is C15H11NO2. The van der Waals surface area contributed by atoms with Crippen LogP contribution in [0.1, 0.15) is 27.0 Å². The van der Waals surface area contributed by atoms with Gasteiger partial charge in [-0.1, -0.05) is 18.2 Å². The average molecular weight is 237 g/mol. The fraction of sp³-hybridized carbons (Fsp3) is 0.0667. The van der Waals surface area contributed by atoms with Crippen molar-refractivity contribution in [2.75, 3.05) is 0 Å². The van der Waals surface area contributed by atoms with Crippen LogP contribution in [0.3, 0.4) is 0 Å². The van der Waals surface area contributed by atoms with Gasteiger partial charge in [-0.05, 0) is 36.3 Å². The molecule has 0 unspecified atom stereocenters. The number of carbonyl (C=O) groups excluding carboxylic acids is 1. The van der Waals surface area contributed by atoms with Gasteiger partial charge in [-0.25, -0.2) is 4.79 Å². The summed E-state index contributed by atoms with van der Waals surface area (Å²) in [6, 6.07) is 9.30. The van der Waals surface area contributed by atoms with E-state index in [1.165, 1.54) is 0 Å². The molecule has 2 heterocycles. The van der Waals surface area contributed by atoms with Gasteiger partial charge < -0.3 is 4.74 Å². The number of hydrogen-bond donors (Lipinski definition) is 0. The zero-order chi connectivity index (χ0) is 12.5. The molecule has 0 radical (unpaired) electrons. The Morgan fingerprint density at radius 3 is 2.72 bits per heavy atom. The predicted molar refractivity (Wildman–Crippen MR) is 68.7 cm³/mol. The maximum absolute atomic E-state index is 11.7. The molecule has 0 N–H and O–H groups in total. The Morgan fingerprint density at radius 2 is 1.94 bits per heavy atom. The summed E-state index contributed by atoms with van der Waals surface area (Å²) in [6.07, 6.45) is 5.39. The Balaban J connectivity index is 2.11. The molecule has 1 aromatic carbocycles. The van der Waals surface area contributed by atoms with Crippen LogP contribution in [0.2, 0.25) is 0 Å². The van der Waals surface area contributed by atoms with Gasteiger partial charge in [0.05, 0.1) is 5.56 Å². The highest BCUT2D eigenvalue weighted by atomic mass is 16.5. The van der Waals surface area contributed by atoms with Crippen molar-refractivity contribution in [2.45, 2.75) is 6.92 Å². The minimum atomic E-state index is -0.288. The van der Waals surface area contributed by atoms with E-state index in [1.54, 1.807) is 18.5 Å². The van der Waals surface area contributed by atoms with E-state index >= 15 is 0 Å². The number of aryl methyl sites for hydroxylation is 1. The second-order valence-corrected chi connectivity index (χ2v) is 4.18. The summed E-state index contributed by atoms with van der Waals surface area (Å²) in [5.41, 5.74) is 3.52. The number of fused-ring (bicyclic) bond motifs is 1. The first-order chi connectivity index (χ1) is 8.75.